The van der Waals surface area contributed by atoms with Gasteiger partial charge in [-0.05, 0) is 6.07 Å². The van der Waals surface area contributed by atoms with Gasteiger partial charge in [-0.1, -0.05) is 0 Å². The van der Waals surface area contributed by atoms with Crippen molar-refractivity contribution in [3.8, 4) is 0 Å². The second-order valence-corrected chi connectivity index (χ2v) is 2.45. The molecule has 2 rings (SSSR count). The zero-order chi connectivity index (χ0) is 9.42. The molecule has 66 valence electrons. The highest BCUT2D eigenvalue weighted by molar-refractivity contribution is 5.91. The topological polar surface area (TPSA) is 111 Å². The van der Waals surface area contributed by atoms with Gasteiger partial charge in [-0.2, -0.15) is 15.4 Å². The Hall–Kier alpha value is -2.18. The number of fused-ring (bicyclic) bond motifs is 1. The van der Waals surface area contributed by atoms with Gasteiger partial charge in [0, 0.05) is 6.07 Å². The van der Waals surface area contributed by atoms with Crippen LogP contribution >= 0.6 is 0 Å². The van der Waals surface area contributed by atoms with Gasteiger partial charge in [-0.3, -0.25) is 10.1 Å². The maximum Gasteiger partial charge on any atom is 0.294 e. The molecule has 1 aromatic carbocycles. The maximum absolute atomic E-state index is 10.5. The molecule has 0 atom stereocenters. The summed E-state index contributed by atoms with van der Waals surface area (Å²) in [5.41, 5.74) is 6.23. The van der Waals surface area contributed by atoms with Crippen LogP contribution in [0.15, 0.2) is 12.1 Å². The van der Waals surface area contributed by atoms with Crippen LogP contribution in [0.5, 0.6) is 0 Å². The predicted molar refractivity (Wildman–Crippen MR) is 45.0 cm³/mol. The van der Waals surface area contributed by atoms with Crippen molar-refractivity contribution in [1.29, 1.82) is 0 Å². The van der Waals surface area contributed by atoms with Gasteiger partial charge in [-0.15, -0.1) is 0 Å². The van der Waals surface area contributed by atoms with E-state index in [0.717, 1.165) is 0 Å². The van der Waals surface area contributed by atoms with Gasteiger partial charge in [0.1, 0.15) is 16.7 Å². The van der Waals surface area contributed by atoms with E-state index in [9.17, 15) is 10.1 Å². The number of H-pyrrole nitrogens is 1. The first-order chi connectivity index (χ1) is 6.20. The molecule has 1 heterocycles. The molecule has 0 aliphatic rings. The number of aromatic amines is 1. The third-order valence-corrected chi connectivity index (χ3v) is 1.70. The lowest BCUT2D eigenvalue weighted by molar-refractivity contribution is -0.383. The molecule has 0 unspecified atom stereocenters. The minimum Gasteiger partial charge on any atom is -0.391 e. The van der Waals surface area contributed by atoms with E-state index < -0.39 is 4.92 Å². The predicted octanol–water partition coefficient (Wildman–Crippen LogP) is 0.448. The normalized spacial score (nSPS) is 10.5. The van der Waals surface area contributed by atoms with Crippen LogP contribution in [-0.4, -0.2) is 20.3 Å². The Morgan fingerprint density at radius 2 is 2.23 bits per heavy atom. The molecular formula is C6H5N5O2. The van der Waals surface area contributed by atoms with E-state index in [1.807, 2.05) is 0 Å². The molecule has 0 aliphatic heterocycles. The molecule has 2 aromatic rings. The van der Waals surface area contributed by atoms with Crippen molar-refractivity contribution < 1.29 is 4.92 Å². The Bertz CT molecular complexity index is 477. The largest absolute Gasteiger partial charge is 0.391 e. The fourth-order valence-corrected chi connectivity index (χ4v) is 1.08. The van der Waals surface area contributed by atoms with Gasteiger partial charge >= 0.3 is 0 Å². The quantitative estimate of drug-likeness (QED) is 0.375. The van der Waals surface area contributed by atoms with Crippen molar-refractivity contribution in [2.45, 2.75) is 0 Å². The number of aromatic nitrogens is 3. The van der Waals surface area contributed by atoms with Crippen molar-refractivity contribution in [2.75, 3.05) is 5.73 Å². The third-order valence-electron chi connectivity index (χ3n) is 1.70. The van der Waals surface area contributed by atoms with Crippen LogP contribution in [0.25, 0.3) is 11.0 Å². The number of anilines is 1. The Kier molecular flexibility index (Phi) is 1.38. The molecule has 0 aliphatic carbocycles. The molecule has 0 bridgehead atoms. The van der Waals surface area contributed by atoms with Crippen LogP contribution in [0, 0.1) is 10.1 Å². The Morgan fingerprint density at radius 1 is 1.46 bits per heavy atom. The van der Waals surface area contributed by atoms with Crippen molar-refractivity contribution in [1.82, 2.24) is 15.4 Å². The van der Waals surface area contributed by atoms with Gasteiger partial charge in [0.15, 0.2) is 0 Å². The van der Waals surface area contributed by atoms with E-state index >= 15 is 0 Å². The molecule has 0 saturated carbocycles. The zero-order valence-corrected chi connectivity index (χ0v) is 6.39. The first-order valence-electron chi connectivity index (χ1n) is 3.43. The summed E-state index contributed by atoms with van der Waals surface area (Å²) < 4.78 is 0. The van der Waals surface area contributed by atoms with E-state index in [-0.39, 0.29) is 11.4 Å². The Labute approximate surface area is 71.7 Å². The standard InChI is InChI=1S/C6H5N5O2/c7-5-4(11(12)13)2-1-3-6(5)9-10-8-3/h1-2H,7H2,(H,8,9,10). The highest BCUT2D eigenvalue weighted by Gasteiger charge is 2.15. The lowest BCUT2D eigenvalue weighted by Gasteiger charge is -1.95. The lowest BCUT2D eigenvalue weighted by Crippen LogP contribution is -1.96. The lowest BCUT2D eigenvalue weighted by atomic mass is 10.2. The highest BCUT2D eigenvalue weighted by atomic mass is 16.6. The molecule has 0 saturated heterocycles. The maximum atomic E-state index is 10.5. The molecule has 1 aromatic heterocycles. The minimum absolute atomic E-state index is 0.0382. The number of rotatable bonds is 1. The van der Waals surface area contributed by atoms with Crippen LogP contribution in [0.1, 0.15) is 0 Å². The first-order valence-corrected chi connectivity index (χ1v) is 3.43. The van der Waals surface area contributed by atoms with E-state index in [1.165, 1.54) is 12.1 Å². The number of nitrogen functional groups attached to an aromatic ring is 1. The van der Waals surface area contributed by atoms with Crippen molar-refractivity contribution in [3.05, 3.63) is 22.2 Å². The van der Waals surface area contributed by atoms with E-state index in [1.54, 1.807) is 0 Å². The molecule has 0 spiro atoms. The van der Waals surface area contributed by atoms with E-state index in [4.69, 9.17) is 5.73 Å². The number of nitro groups is 1. The smallest absolute Gasteiger partial charge is 0.294 e. The van der Waals surface area contributed by atoms with Crippen LogP contribution in [0.3, 0.4) is 0 Å². The minimum atomic E-state index is -0.552. The summed E-state index contributed by atoms with van der Waals surface area (Å²) in [4.78, 5) is 9.90. The van der Waals surface area contributed by atoms with E-state index in [2.05, 4.69) is 15.4 Å². The van der Waals surface area contributed by atoms with Gasteiger partial charge in [0.05, 0.1) is 4.92 Å². The fourth-order valence-electron chi connectivity index (χ4n) is 1.08. The van der Waals surface area contributed by atoms with Crippen LogP contribution in [0.4, 0.5) is 11.4 Å². The molecule has 7 nitrogen and oxygen atoms in total. The average Bonchev–Trinajstić information content (AvgIpc) is 2.52. The highest BCUT2D eigenvalue weighted by Crippen LogP contribution is 2.26. The number of nitrogens with zero attached hydrogens (tertiary/aromatic N) is 3. The number of benzene rings is 1. The zero-order valence-electron chi connectivity index (χ0n) is 6.39. The van der Waals surface area contributed by atoms with Crippen molar-refractivity contribution in [3.63, 3.8) is 0 Å². The molecule has 0 amide bonds. The van der Waals surface area contributed by atoms with Gasteiger partial charge < -0.3 is 5.73 Å². The summed E-state index contributed by atoms with van der Waals surface area (Å²) in [5.74, 6) is 0. The number of nitrogens with one attached hydrogen (secondary N) is 1. The fraction of sp³-hybridized carbons (Fsp3) is 0. The summed E-state index contributed by atoms with van der Waals surface area (Å²) in [7, 11) is 0. The summed E-state index contributed by atoms with van der Waals surface area (Å²) >= 11 is 0. The molecular weight excluding hydrogens is 174 g/mol. The SMILES string of the molecule is Nc1c([N+](=O)[O-])ccc2n[nH]nc12. The summed E-state index contributed by atoms with van der Waals surface area (Å²) in [6.07, 6.45) is 0. The monoisotopic (exact) mass is 179 g/mol. The van der Waals surface area contributed by atoms with Gasteiger partial charge in [0.25, 0.3) is 5.69 Å². The number of nitro benzene ring substituents is 1. The molecule has 7 heteroatoms. The second kappa shape index (κ2) is 2.41. The Morgan fingerprint density at radius 3 is 2.92 bits per heavy atom. The van der Waals surface area contributed by atoms with Crippen LogP contribution in [0.2, 0.25) is 0 Å². The first kappa shape index (κ1) is 7.47. The second-order valence-electron chi connectivity index (χ2n) is 2.45. The van der Waals surface area contributed by atoms with Gasteiger partial charge in [0.2, 0.25) is 0 Å². The molecule has 13 heavy (non-hydrogen) atoms. The average molecular weight is 179 g/mol. The molecule has 3 N–H and O–H groups in total. The molecule has 0 radical (unpaired) electrons. The summed E-state index contributed by atoms with van der Waals surface area (Å²) in [5, 5.41) is 20.2. The van der Waals surface area contributed by atoms with Crippen LogP contribution in [-0.2, 0) is 0 Å². The van der Waals surface area contributed by atoms with Crippen molar-refractivity contribution >= 4 is 22.4 Å². The summed E-state index contributed by atoms with van der Waals surface area (Å²) in [6, 6.07) is 2.80. The van der Waals surface area contributed by atoms with Gasteiger partial charge in [-0.25, -0.2) is 0 Å². The number of nitrogens with two attached hydrogens (primary N) is 1. The number of hydrogen-bond acceptors (Lipinski definition) is 5. The van der Waals surface area contributed by atoms with Crippen molar-refractivity contribution in [2.24, 2.45) is 0 Å². The van der Waals surface area contributed by atoms with Crippen LogP contribution < -0.4 is 5.73 Å². The molecule has 0 fully saturated rings. The Balaban J connectivity index is 2.80. The number of hydrogen-bond donors (Lipinski definition) is 2. The summed E-state index contributed by atoms with van der Waals surface area (Å²) in [6.45, 7) is 0. The third kappa shape index (κ3) is 0.975. The van der Waals surface area contributed by atoms with E-state index in [0.29, 0.717) is 11.0 Å².